The van der Waals surface area contributed by atoms with Crippen molar-refractivity contribution in [3.8, 4) is 24.7 Å². The van der Waals surface area contributed by atoms with Crippen molar-refractivity contribution >= 4 is 34.3 Å². The molecule has 232 valence electrons. The van der Waals surface area contributed by atoms with Crippen LogP contribution in [0.25, 0.3) is 10.8 Å². The molecule has 0 heterocycles. The predicted octanol–water partition coefficient (Wildman–Crippen LogP) is 5.24. The second-order valence-electron chi connectivity index (χ2n) is 12.8. The number of nitrogens with one attached hydrogen (secondary N) is 2. The number of fused-ring (bicyclic) bond motifs is 1. The topological polar surface area (TPSA) is 98.7 Å². The van der Waals surface area contributed by atoms with E-state index in [0.717, 1.165) is 42.0 Å². The molecule has 1 fully saturated rings. The van der Waals surface area contributed by atoms with Crippen LogP contribution in [-0.2, 0) is 16.0 Å². The van der Waals surface area contributed by atoms with Crippen molar-refractivity contribution in [3.63, 3.8) is 0 Å². The van der Waals surface area contributed by atoms with Crippen molar-refractivity contribution in [3.05, 3.63) is 48.0 Å². The number of terminal acetylenes is 2. The second kappa shape index (κ2) is 16.8. The van der Waals surface area contributed by atoms with Crippen molar-refractivity contribution in [2.24, 2.45) is 11.8 Å². The van der Waals surface area contributed by atoms with Crippen LogP contribution in [0.5, 0.6) is 0 Å². The molecule has 0 aromatic heterocycles. The first-order valence-electron chi connectivity index (χ1n) is 15.5. The molecular weight excluding hydrogens is 556 g/mol. The van der Waals surface area contributed by atoms with Crippen LogP contribution in [0.1, 0.15) is 77.7 Å². The lowest BCUT2D eigenvalue weighted by Gasteiger charge is -2.33. The third-order valence-electron chi connectivity index (χ3n) is 8.16. The van der Waals surface area contributed by atoms with E-state index < -0.39 is 36.1 Å². The summed E-state index contributed by atoms with van der Waals surface area (Å²) in [5, 5.41) is 29.5. The highest BCUT2D eigenvalue weighted by molar-refractivity contribution is 8.00. The zero-order valence-electron chi connectivity index (χ0n) is 25.9. The highest BCUT2D eigenvalue weighted by atomic mass is 32.2. The first-order chi connectivity index (χ1) is 20.5. The molecule has 2 amide bonds. The van der Waals surface area contributed by atoms with Crippen molar-refractivity contribution < 1.29 is 19.8 Å². The zero-order valence-corrected chi connectivity index (χ0v) is 26.7. The third kappa shape index (κ3) is 10.9. The maximum absolute atomic E-state index is 13.8. The van der Waals surface area contributed by atoms with E-state index in [0.29, 0.717) is 24.5 Å². The van der Waals surface area contributed by atoms with Crippen LogP contribution in [-0.4, -0.2) is 56.8 Å². The summed E-state index contributed by atoms with van der Waals surface area (Å²) in [6, 6.07) is 12.6. The fourth-order valence-corrected chi connectivity index (χ4v) is 6.76. The van der Waals surface area contributed by atoms with E-state index in [9.17, 15) is 19.8 Å². The van der Waals surface area contributed by atoms with Gasteiger partial charge in [0.1, 0.15) is 12.1 Å². The number of hydrogen-bond donors (Lipinski definition) is 4. The number of carbonyl (C=O) groups is 2. The Bertz CT molecular complexity index is 1280. The van der Waals surface area contributed by atoms with Crippen molar-refractivity contribution in [1.82, 2.24) is 10.6 Å². The summed E-state index contributed by atoms with van der Waals surface area (Å²) in [5.74, 6) is 4.71. The number of rotatable bonds is 14. The van der Waals surface area contributed by atoms with E-state index in [2.05, 4.69) is 67.5 Å². The molecular formula is C36H48N2O4S. The first-order valence-corrected chi connectivity index (χ1v) is 16.4. The summed E-state index contributed by atoms with van der Waals surface area (Å²) in [6.07, 6.45) is 15.1. The van der Waals surface area contributed by atoms with E-state index in [1.807, 2.05) is 18.2 Å². The summed E-state index contributed by atoms with van der Waals surface area (Å²) in [7, 11) is 0. The molecule has 1 saturated carbocycles. The van der Waals surface area contributed by atoms with E-state index in [1.165, 1.54) is 6.42 Å². The molecule has 7 heteroatoms. The standard InChI is InChI=1S/C36H48N2O4S/c1-6-14-30(35(42)38-31(33(40)32(39)15-7-2)22-25-16-9-8-10-17-25)37-34(41)28(24-43-36(3,4)5)23-27-20-13-19-26-18-11-12-21-29(26)27/h1-2,11-13,18-21,25,28,30-33,39-40H,8-10,14-17,22-24H2,3-5H3,(H,37,41)(H,38,42)/t28-,30+,31+,32+,33-/m1/s1. The molecule has 0 spiro atoms. The van der Waals surface area contributed by atoms with Crippen molar-refractivity contribution in [1.29, 1.82) is 0 Å². The van der Waals surface area contributed by atoms with Crippen molar-refractivity contribution in [2.75, 3.05) is 5.75 Å². The molecule has 2 aromatic carbocycles. The van der Waals surface area contributed by atoms with Crippen LogP contribution in [0.3, 0.4) is 0 Å². The largest absolute Gasteiger partial charge is 0.389 e. The number of hydrogen-bond acceptors (Lipinski definition) is 5. The number of thioether (sulfide) groups is 1. The molecule has 1 aliphatic rings. The Morgan fingerprint density at radius 1 is 0.953 bits per heavy atom. The number of amides is 2. The summed E-state index contributed by atoms with van der Waals surface area (Å²) in [6.45, 7) is 6.35. The van der Waals surface area contributed by atoms with Gasteiger partial charge in [0.25, 0.3) is 0 Å². The van der Waals surface area contributed by atoms with Gasteiger partial charge in [-0.3, -0.25) is 9.59 Å². The van der Waals surface area contributed by atoms with Gasteiger partial charge in [-0.1, -0.05) is 95.3 Å². The minimum absolute atomic E-state index is 0.00409. The van der Waals surface area contributed by atoms with Crippen LogP contribution < -0.4 is 10.6 Å². The first kappa shape index (κ1) is 34.5. The van der Waals surface area contributed by atoms with Crippen LogP contribution in [0.4, 0.5) is 0 Å². The molecule has 0 unspecified atom stereocenters. The molecule has 1 aliphatic carbocycles. The lowest BCUT2D eigenvalue weighted by Crippen LogP contribution is -2.55. The summed E-state index contributed by atoms with van der Waals surface area (Å²) < 4.78 is -0.0470. The SMILES string of the molecule is C#CC[C@H](NC(=O)[C@@H](CSC(C)(C)C)Cc1cccc2ccccc12)C(=O)N[C@@H](CC1CCCCC1)[C@@H](O)[C@@H](O)CC#C. The minimum Gasteiger partial charge on any atom is -0.389 e. The van der Waals surface area contributed by atoms with Gasteiger partial charge in [-0.2, -0.15) is 11.8 Å². The molecule has 43 heavy (non-hydrogen) atoms. The van der Waals surface area contributed by atoms with E-state index in [1.54, 1.807) is 11.8 Å². The van der Waals surface area contributed by atoms with Gasteiger partial charge in [0, 0.05) is 23.3 Å². The average Bonchev–Trinajstić information content (AvgIpc) is 2.98. The van der Waals surface area contributed by atoms with Crippen LogP contribution in [0.15, 0.2) is 42.5 Å². The highest BCUT2D eigenvalue weighted by Gasteiger charge is 2.33. The van der Waals surface area contributed by atoms with Gasteiger partial charge < -0.3 is 20.8 Å². The Morgan fingerprint density at radius 2 is 1.63 bits per heavy atom. The Labute approximate surface area is 262 Å². The molecule has 0 bridgehead atoms. The second-order valence-corrected chi connectivity index (χ2v) is 14.6. The maximum Gasteiger partial charge on any atom is 0.243 e. The average molecular weight is 605 g/mol. The molecule has 2 aromatic rings. The molecule has 0 radical (unpaired) electrons. The smallest absolute Gasteiger partial charge is 0.243 e. The summed E-state index contributed by atoms with van der Waals surface area (Å²) >= 11 is 1.71. The normalized spacial score (nSPS) is 17.6. The maximum atomic E-state index is 13.8. The van der Waals surface area contributed by atoms with Gasteiger partial charge in [0.05, 0.1) is 18.1 Å². The summed E-state index contributed by atoms with van der Waals surface area (Å²) in [5.41, 5.74) is 1.07. The highest BCUT2D eigenvalue weighted by Crippen LogP contribution is 2.30. The van der Waals surface area contributed by atoms with E-state index >= 15 is 0 Å². The molecule has 6 nitrogen and oxygen atoms in total. The Hall–Kier alpha value is -2.97. The Morgan fingerprint density at radius 3 is 2.30 bits per heavy atom. The summed E-state index contributed by atoms with van der Waals surface area (Å²) in [4.78, 5) is 27.5. The lowest BCUT2D eigenvalue weighted by molar-refractivity contribution is -0.132. The van der Waals surface area contributed by atoms with E-state index in [4.69, 9.17) is 12.8 Å². The monoisotopic (exact) mass is 604 g/mol. The number of aliphatic hydroxyl groups is 2. The number of benzene rings is 2. The zero-order chi connectivity index (χ0) is 31.4. The molecule has 4 N–H and O–H groups in total. The molecule has 3 rings (SSSR count). The quantitative estimate of drug-likeness (QED) is 0.221. The Kier molecular flexibility index (Phi) is 13.5. The van der Waals surface area contributed by atoms with Gasteiger partial charge in [-0.25, -0.2) is 0 Å². The number of aliphatic hydroxyl groups excluding tert-OH is 2. The molecule has 0 saturated heterocycles. The fourth-order valence-electron chi connectivity index (χ4n) is 5.79. The number of carbonyl (C=O) groups excluding carboxylic acids is 2. The van der Waals surface area contributed by atoms with Crippen LogP contribution >= 0.6 is 11.8 Å². The van der Waals surface area contributed by atoms with Crippen molar-refractivity contribution in [2.45, 2.75) is 108 Å². The fraction of sp³-hybridized carbons (Fsp3) is 0.556. The van der Waals surface area contributed by atoms with Crippen LogP contribution in [0.2, 0.25) is 0 Å². The minimum atomic E-state index is -1.23. The van der Waals surface area contributed by atoms with Crippen LogP contribution in [0, 0.1) is 36.5 Å². The lowest BCUT2D eigenvalue weighted by atomic mass is 9.82. The molecule has 5 atom stereocenters. The molecule has 0 aliphatic heterocycles. The predicted molar refractivity (Wildman–Crippen MR) is 177 cm³/mol. The van der Waals surface area contributed by atoms with Gasteiger partial charge in [0.15, 0.2) is 0 Å². The Balaban J connectivity index is 1.80. The third-order valence-corrected chi connectivity index (χ3v) is 9.60. The van der Waals surface area contributed by atoms with Gasteiger partial charge in [-0.05, 0) is 35.1 Å². The van der Waals surface area contributed by atoms with E-state index in [-0.39, 0.29) is 23.5 Å². The van der Waals surface area contributed by atoms with Gasteiger partial charge >= 0.3 is 0 Å². The van der Waals surface area contributed by atoms with Gasteiger partial charge in [-0.15, -0.1) is 24.7 Å². The van der Waals surface area contributed by atoms with Gasteiger partial charge in [0.2, 0.25) is 11.8 Å².